The Morgan fingerprint density at radius 3 is 1.50 bits per heavy atom. The molecule has 0 aliphatic heterocycles. The predicted octanol–water partition coefficient (Wildman–Crippen LogP) is 7.23. The monoisotopic (exact) mass is 604 g/mol. The van der Waals surface area contributed by atoms with Crippen molar-refractivity contribution >= 4 is 35.8 Å². The molecule has 2 heterocycles. The summed E-state index contributed by atoms with van der Waals surface area (Å²) in [6.45, 7) is 0. The van der Waals surface area contributed by atoms with E-state index in [1.807, 2.05) is 12.1 Å². The number of pyridine rings is 2. The summed E-state index contributed by atoms with van der Waals surface area (Å²) in [7, 11) is 2.90. The minimum absolute atomic E-state index is 0.169. The summed E-state index contributed by atoms with van der Waals surface area (Å²) in [6, 6.07) is 15.5. The summed E-state index contributed by atoms with van der Waals surface area (Å²) < 4.78 is 23.0. The van der Waals surface area contributed by atoms with E-state index in [-0.39, 0.29) is 56.9 Å². The molecule has 0 unspecified atom stereocenters. The van der Waals surface area contributed by atoms with Crippen LogP contribution in [0.15, 0.2) is 48.5 Å². The maximum Gasteiger partial charge on any atom is 0.236 e. The third-order valence-corrected chi connectivity index (χ3v) is 8.28. The largest absolute Gasteiger partial charge is 0.480 e. The molecule has 2 aliphatic rings. The van der Waals surface area contributed by atoms with Crippen molar-refractivity contribution in [1.29, 1.82) is 0 Å². The lowest BCUT2D eigenvalue weighted by Crippen LogP contribution is -2.07. The van der Waals surface area contributed by atoms with Gasteiger partial charge in [-0.25, -0.2) is 0 Å². The van der Waals surface area contributed by atoms with E-state index in [9.17, 15) is 9.59 Å². The number of methoxy groups -OCH3 is 2. The molecule has 10 heteroatoms. The molecular weight excluding hydrogens is 579 g/mol. The van der Waals surface area contributed by atoms with Gasteiger partial charge in [0.05, 0.1) is 25.3 Å². The number of aldehydes is 2. The van der Waals surface area contributed by atoms with Crippen molar-refractivity contribution in [3.05, 3.63) is 92.0 Å². The molecule has 0 saturated heterocycles. The highest BCUT2D eigenvalue weighted by Gasteiger charge is 2.32. The van der Waals surface area contributed by atoms with Crippen LogP contribution in [0.4, 0.5) is 0 Å². The fraction of sp³-hybridized carbons (Fsp3) is 0.250. The Hall–Kier alpha value is -4.14. The number of carbonyl (C=O) groups excluding carboxylic acids is 2. The van der Waals surface area contributed by atoms with Crippen molar-refractivity contribution in [2.45, 2.75) is 37.9 Å². The lowest BCUT2D eigenvalue weighted by Gasteiger charge is -2.18. The van der Waals surface area contributed by atoms with Gasteiger partial charge >= 0.3 is 0 Å². The second-order valence-corrected chi connectivity index (χ2v) is 10.8. The lowest BCUT2D eigenvalue weighted by molar-refractivity contribution is 0.111. The van der Waals surface area contributed by atoms with Crippen molar-refractivity contribution in [2.75, 3.05) is 14.2 Å². The molecule has 214 valence electrons. The van der Waals surface area contributed by atoms with Crippen LogP contribution in [0.3, 0.4) is 0 Å². The molecule has 2 aromatic heterocycles. The second kappa shape index (κ2) is 11.6. The van der Waals surface area contributed by atoms with Gasteiger partial charge in [-0.1, -0.05) is 59.6 Å². The van der Waals surface area contributed by atoms with Crippen LogP contribution in [0, 0.1) is 0 Å². The van der Waals surface area contributed by atoms with Gasteiger partial charge in [0.1, 0.15) is 22.3 Å². The molecule has 2 aliphatic carbocycles. The number of halogens is 2. The van der Waals surface area contributed by atoms with Crippen LogP contribution in [0.2, 0.25) is 10.0 Å². The highest BCUT2D eigenvalue weighted by atomic mass is 35.5. The average molecular weight is 605 g/mol. The third kappa shape index (κ3) is 4.95. The first-order chi connectivity index (χ1) is 20.4. The molecule has 0 saturated carbocycles. The van der Waals surface area contributed by atoms with E-state index in [0.717, 1.165) is 47.9 Å². The molecule has 2 atom stereocenters. The summed E-state index contributed by atoms with van der Waals surface area (Å²) in [5.74, 6) is 0.797. The molecule has 0 spiro atoms. The maximum absolute atomic E-state index is 11.3. The normalized spacial score (nSPS) is 16.9. The number of benzene rings is 2. The van der Waals surface area contributed by atoms with Crippen molar-refractivity contribution in [1.82, 2.24) is 9.97 Å². The highest BCUT2D eigenvalue weighted by Crippen LogP contribution is 2.46. The molecule has 2 aromatic carbocycles. The number of nitrogens with zero attached hydrogens (tertiary/aromatic N) is 2. The third-order valence-electron chi connectivity index (χ3n) is 7.74. The van der Waals surface area contributed by atoms with Gasteiger partial charge in [-0.05, 0) is 71.2 Å². The number of fused-ring (bicyclic) bond motifs is 2. The number of hydrogen-bond donors (Lipinski definition) is 0. The molecular formula is C32H26Cl2N2O6. The van der Waals surface area contributed by atoms with E-state index in [1.165, 1.54) is 37.5 Å². The average Bonchev–Trinajstić information content (AvgIpc) is 3.62. The summed E-state index contributed by atoms with van der Waals surface area (Å²) in [5, 5.41) is 0.505. The highest BCUT2D eigenvalue weighted by molar-refractivity contribution is 6.32. The van der Waals surface area contributed by atoms with Crippen molar-refractivity contribution < 1.29 is 28.5 Å². The zero-order chi connectivity index (χ0) is 29.4. The molecule has 8 nitrogen and oxygen atoms in total. The van der Waals surface area contributed by atoms with Gasteiger partial charge in [0.25, 0.3) is 0 Å². The minimum atomic E-state index is -0.248. The molecule has 0 fully saturated rings. The lowest BCUT2D eigenvalue weighted by atomic mass is 9.91. The maximum atomic E-state index is 11.3. The van der Waals surface area contributed by atoms with E-state index in [4.69, 9.17) is 42.1 Å². The second-order valence-electron chi connectivity index (χ2n) is 10.0. The van der Waals surface area contributed by atoms with Gasteiger partial charge in [-0.2, -0.15) is 9.97 Å². The van der Waals surface area contributed by atoms with Gasteiger partial charge < -0.3 is 18.9 Å². The van der Waals surface area contributed by atoms with Gasteiger partial charge in [-0.15, -0.1) is 0 Å². The van der Waals surface area contributed by atoms with Crippen LogP contribution in [-0.4, -0.2) is 36.8 Å². The molecule has 0 amide bonds. The first-order valence-electron chi connectivity index (χ1n) is 13.4. The van der Waals surface area contributed by atoms with E-state index < -0.39 is 0 Å². The molecule has 6 rings (SSSR count). The Morgan fingerprint density at radius 1 is 0.690 bits per heavy atom. The Kier molecular flexibility index (Phi) is 7.75. The van der Waals surface area contributed by atoms with Crippen molar-refractivity contribution in [3.8, 4) is 34.6 Å². The zero-order valence-electron chi connectivity index (χ0n) is 22.9. The van der Waals surface area contributed by atoms with Crippen LogP contribution in [0.1, 0.15) is 68.0 Å². The number of aromatic nitrogens is 2. The SMILES string of the molecule is COc1nc(O[C@H]2CCc3c(-c4cccc5c4CC[C@@H]5Oc4nc(OC)c(C=O)cc4Cl)cccc32)c(Cl)cc1C=O. The van der Waals surface area contributed by atoms with Gasteiger partial charge in [0.15, 0.2) is 12.6 Å². The summed E-state index contributed by atoms with van der Waals surface area (Å²) in [4.78, 5) is 31.3. The standard InChI is InChI=1S/C32H26Cl2N2O6/c1-39-29-17(15-37)13-25(33)31(35-29)41-27-11-9-21-19(5-3-7-23(21)27)20-6-4-8-24-22(20)10-12-28(24)42-32-26(34)14-18(16-38)30(36-32)40-2/h3-8,13-16,27-28H,9-12H2,1-2H3/t27-,28-/m0/s1. The van der Waals surface area contributed by atoms with Gasteiger partial charge in [0, 0.05) is 0 Å². The Bertz CT molecular complexity index is 1580. The molecule has 4 aromatic rings. The summed E-state index contributed by atoms with van der Waals surface area (Å²) in [5.41, 5.74) is 7.41. The first kappa shape index (κ1) is 28.0. The smallest absolute Gasteiger partial charge is 0.236 e. The minimum Gasteiger partial charge on any atom is -0.480 e. The van der Waals surface area contributed by atoms with Crippen LogP contribution in [0.5, 0.6) is 23.5 Å². The topological polar surface area (TPSA) is 96.8 Å². The van der Waals surface area contributed by atoms with Crippen LogP contribution in [0.25, 0.3) is 11.1 Å². The fourth-order valence-corrected chi connectivity index (χ4v) is 6.26. The summed E-state index contributed by atoms with van der Waals surface area (Å²) >= 11 is 12.8. The van der Waals surface area contributed by atoms with Crippen LogP contribution in [-0.2, 0) is 12.8 Å². The Labute approximate surface area is 252 Å². The van der Waals surface area contributed by atoms with Gasteiger partial charge in [0.2, 0.25) is 23.5 Å². The van der Waals surface area contributed by atoms with Gasteiger partial charge in [-0.3, -0.25) is 9.59 Å². The Balaban J connectivity index is 1.30. The Morgan fingerprint density at radius 2 is 1.12 bits per heavy atom. The van der Waals surface area contributed by atoms with Crippen molar-refractivity contribution in [2.24, 2.45) is 0 Å². The van der Waals surface area contributed by atoms with Crippen molar-refractivity contribution in [3.63, 3.8) is 0 Å². The van der Waals surface area contributed by atoms with E-state index in [2.05, 4.69) is 34.2 Å². The fourth-order valence-electron chi connectivity index (χ4n) is 5.85. The van der Waals surface area contributed by atoms with E-state index in [0.29, 0.717) is 12.6 Å². The number of hydrogen-bond acceptors (Lipinski definition) is 8. The number of rotatable bonds is 9. The molecule has 0 bridgehead atoms. The van der Waals surface area contributed by atoms with E-state index >= 15 is 0 Å². The van der Waals surface area contributed by atoms with Crippen LogP contribution >= 0.6 is 23.2 Å². The van der Waals surface area contributed by atoms with E-state index in [1.54, 1.807) is 0 Å². The number of carbonyl (C=O) groups is 2. The predicted molar refractivity (Wildman–Crippen MR) is 158 cm³/mol. The molecule has 42 heavy (non-hydrogen) atoms. The summed E-state index contributed by atoms with van der Waals surface area (Å²) in [6.07, 6.45) is 3.96. The molecule has 0 N–H and O–H groups in total. The zero-order valence-corrected chi connectivity index (χ0v) is 24.4. The quantitative estimate of drug-likeness (QED) is 0.185. The number of ether oxygens (including phenoxy) is 4. The first-order valence-corrected chi connectivity index (χ1v) is 14.2. The van der Waals surface area contributed by atoms with Crippen LogP contribution < -0.4 is 18.9 Å². The molecule has 0 radical (unpaired) electrons.